The van der Waals surface area contributed by atoms with Crippen LogP contribution in [0.2, 0.25) is 0 Å². The predicted octanol–water partition coefficient (Wildman–Crippen LogP) is 6.26. The second-order valence-corrected chi connectivity index (χ2v) is 6.83. The fourth-order valence-electron chi connectivity index (χ4n) is 3.50. The highest BCUT2D eigenvalue weighted by molar-refractivity contribution is 5.89. The molecule has 1 aliphatic heterocycles. The first-order valence-corrected chi connectivity index (χ1v) is 9.17. The second-order valence-electron chi connectivity index (χ2n) is 6.83. The molecule has 2 heteroatoms. The molecule has 3 aromatic rings. The molecule has 2 unspecified atom stereocenters. The molecule has 0 radical (unpaired) electrons. The van der Waals surface area contributed by atoms with Gasteiger partial charge in [0.05, 0.1) is 6.61 Å². The van der Waals surface area contributed by atoms with Gasteiger partial charge in [-0.05, 0) is 35.4 Å². The highest BCUT2D eigenvalue weighted by Gasteiger charge is 2.24. The van der Waals surface area contributed by atoms with Gasteiger partial charge in [-0.2, -0.15) is 0 Å². The summed E-state index contributed by atoms with van der Waals surface area (Å²) in [5, 5.41) is 2.38. The third kappa shape index (κ3) is 3.09. The lowest BCUT2D eigenvalue weighted by Crippen LogP contribution is -2.19. The van der Waals surface area contributed by atoms with E-state index >= 15 is 0 Å². The first kappa shape index (κ1) is 16.0. The summed E-state index contributed by atoms with van der Waals surface area (Å²) in [6, 6.07) is 21.2. The second kappa shape index (κ2) is 6.79. The molecule has 0 bridgehead atoms. The zero-order valence-electron chi connectivity index (χ0n) is 14.9. The molecular formula is C23H24O2. The minimum absolute atomic E-state index is 0.0443. The molecule has 0 amide bonds. The normalized spacial score (nSPS) is 17.6. The molecule has 1 heterocycles. The maximum absolute atomic E-state index is 6.32. The summed E-state index contributed by atoms with van der Waals surface area (Å²) < 4.78 is 12.3. The summed E-state index contributed by atoms with van der Waals surface area (Å²) in [7, 11) is 0. The Morgan fingerprint density at radius 1 is 1.04 bits per heavy atom. The molecule has 4 rings (SSSR count). The lowest BCUT2D eigenvalue weighted by atomic mass is 9.97. The van der Waals surface area contributed by atoms with Crippen molar-refractivity contribution < 1.29 is 9.47 Å². The van der Waals surface area contributed by atoms with Gasteiger partial charge in [-0.1, -0.05) is 62.4 Å². The average molecular weight is 332 g/mol. The first-order valence-electron chi connectivity index (χ1n) is 9.17. The Morgan fingerprint density at radius 2 is 1.84 bits per heavy atom. The molecule has 2 nitrogen and oxygen atoms in total. The number of hydrogen-bond donors (Lipinski definition) is 0. The van der Waals surface area contributed by atoms with E-state index in [9.17, 15) is 0 Å². The van der Waals surface area contributed by atoms with Gasteiger partial charge in [0.1, 0.15) is 17.6 Å². The summed E-state index contributed by atoms with van der Waals surface area (Å²) in [6.45, 7) is 5.17. The minimum Gasteiger partial charge on any atom is -0.492 e. The van der Waals surface area contributed by atoms with Crippen molar-refractivity contribution in [3.05, 3.63) is 71.8 Å². The van der Waals surface area contributed by atoms with Crippen LogP contribution in [0.4, 0.5) is 0 Å². The van der Waals surface area contributed by atoms with Crippen molar-refractivity contribution >= 4 is 10.8 Å². The van der Waals surface area contributed by atoms with Gasteiger partial charge in [-0.3, -0.25) is 0 Å². The number of fused-ring (bicyclic) bond motifs is 3. The molecule has 1 aliphatic rings. The van der Waals surface area contributed by atoms with Crippen LogP contribution in [0.5, 0.6) is 11.5 Å². The summed E-state index contributed by atoms with van der Waals surface area (Å²) in [5.74, 6) is 2.49. The number of ether oxygens (including phenoxy) is 2. The van der Waals surface area contributed by atoms with E-state index < -0.39 is 0 Å². The van der Waals surface area contributed by atoms with Gasteiger partial charge in [0.2, 0.25) is 0 Å². The van der Waals surface area contributed by atoms with E-state index in [2.05, 4.69) is 74.5 Å². The first-order chi connectivity index (χ1) is 12.3. The van der Waals surface area contributed by atoms with Crippen LogP contribution in [0, 0.1) is 0 Å². The Balaban J connectivity index is 1.62. The van der Waals surface area contributed by atoms with Crippen LogP contribution in [-0.2, 0) is 0 Å². The standard InChI is InChI=1S/C23H24O2/c1-3-16(2)17-8-11-19(12-9-17)25-22-14-15-24-23-20-7-5-4-6-18(20)10-13-21(22)23/h4-13,16,22H,3,14-15H2,1-2H3. The molecule has 0 N–H and O–H groups in total. The third-order valence-electron chi connectivity index (χ3n) is 5.22. The molecule has 0 spiro atoms. The maximum Gasteiger partial charge on any atom is 0.134 e. The highest BCUT2D eigenvalue weighted by Crippen LogP contribution is 2.40. The van der Waals surface area contributed by atoms with Gasteiger partial charge >= 0.3 is 0 Å². The molecule has 0 saturated carbocycles. The van der Waals surface area contributed by atoms with Crippen molar-refractivity contribution in [3.63, 3.8) is 0 Å². The van der Waals surface area contributed by atoms with Gasteiger partial charge in [-0.15, -0.1) is 0 Å². The Hall–Kier alpha value is -2.48. The number of rotatable bonds is 4. The highest BCUT2D eigenvalue weighted by atomic mass is 16.5. The van der Waals surface area contributed by atoms with Crippen molar-refractivity contribution in [2.45, 2.75) is 38.7 Å². The fraction of sp³-hybridized carbons (Fsp3) is 0.304. The smallest absolute Gasteiger partial charge is 0.134 e. The van der Waals surface area contributed by atoms with Crippen LogP contribution in [0.15, 0.2) is 60.7 Å². The van der Waals surface area contributed by atoms with Crippen molar-refractivity contribution in [1.82, 2.24) is 0 Å². The molecule has 3 aromatic carbocycles. The third-order valence-corrected chi connectivity index (χ3v) is 5.22. The van der Waals surface area contributed by atoms with Crippen LogP contribution in [0.25, 0.3) is 10.8 Å². The van der Waals surface area contributed by atoms with Gasteiger partial charge in [-0.25, -0.2) is 0 Å². The van der Waals surface area contributed by atoms with Gasteiger partial charge < -0.3 is 9.47 Å². The SMILES string of the molecule is CCC(C)c1ccc(OC2CCOc3c2ccc2ccccc32)cc1. The molecule has 25 heavy (non-hydrogen) atoms. The molecule has 0 aromatic heterocycles. The maximum atomic E-state index is 6.32. The Kier molecular flexibility index (Phi) is 4.35. The molecule has 0 saturated heterocycles. The summed E-state index contributed by atoms with van der Waals surface area (Å²) in [5.41, 5.74) is 2.52. The van der Waals surface area contributed by atoms with E-state index in [0.717, 1.165) is 29.9 Å². The molecular weight excluding hydrogens is 308 g/mol. The number of hydrogen-bond acceptors (Lipinski definition) is 2. The molecule has 0 aliphatic carbocycles. The van der Waals surface area contributed by atoms with E-state index in [1.807, 2.05) is 0 Å². The van der Waals surface area contributed by atoms with Crippen molar-refractivity contribution in [2.24, 2.45) is 0 Å². The zero-order valence-corrected chi connectivity index (χ0v) is 14.9. The monoisotopic (exact) mass is 332 g/mol. The van der Waals surface area contributed by atoms with Crippen molar-refractivity contribution in [1.29, 1.82) is 0 Å². The summed E-state index contributed by atoms with van der Waals surface area (Å²) >= 11 is 0. The van der Waals surface area contributed by atoms with E-state index in [4.69, 9.17) is 9.47 Å². The van der Waals surface area contributed by atoms with E-state index in [0.29, 0.717) is 12.5 Å². The zero-order chi connectivity index (χ0) is 17.2. The van der Waals surface area contributed by atoms with Crippen molar-refractivity contribution in [2.75, 3.05) is 6.61 Å². The molecule has 2 atom stereocenters. The Labute approximate surface area is 149 Å². The largest absolute Gasteiger partial charge is 0.492 e. The predicted molar refractivity (Wildman–Crippen MR) is 103 cm³/mol. The minimum atomic E-state index is 0.0443. The molecule has 128 valence electrons. The van der Waals surface area contributed by atoms with Crippen LogP contribution in [-0.4, -0.2) is 6.61 Å². The van der Waals surface area contributed by atoms with Crippen LogP contribution >= 0.6 is 0 Å². The van der Waals surface area contributed by atoms with Gasteiger partial charge in [0, 0.05) is 17.4 Å². The van der Waals surface area contributed by atoms with Gasteiger partial charge in [0.25, 0.3) is 0 Å². The topological polar surface area (TPSA) is 18.5 Å². The molecule has 0 fully saturated rings. The Bertz CT molecular complexity index is 867. The summed E-state index contributed by atoms with van der Waals surface area (Å²) in [6.07, 6.45) is 2.07. The average Bonchev–Trinajstić information content (AvgIpc) is 2.68. The lowest BCUT2D eigenvalue weighted by Gasteiger charge is -2.28. The van der Waals surface area contributed by atoms with E-state index in [1.165, 1.54) is 16.3 Å². The Morgan fingerprint density at radius 3 is 2.64 bits per heavy atom. The van der Waals surface area contributed by atoms with Crippen LogP contribution < -0.4 is 9.47 Å². The summed E-state index contributed by atoms with van der Waals surface area (Å²) in [4.78, 5) is 0. The van der Waals surface area contributed by atoms with E-state index in [-0.39, 0.29) is 6.10 Å². The van der Waals surface area contributed by atoms with Crippen LogP contribution in [0.1, 0.15) is 49.8 Å². The van der Waals surface area contributed by atoms with Gasteiger partial charge in [0.15, 0.2) is 0 Å². The lowest BCUT2D eigenvalue weighted by molar-refractivity contribution is 0.137. The quantitative estimate of drug-likeness (QED) is 0.561. The number of benzene rings is 3. The van der Waals surface area contributed by atoms with E-state index in [1.54, 1.807) is 0 Å². The van der Waals surface area contributed by atoms with Crippen LogP contribution in [0.3, 0.4) is 0 Å². The van der Waals surface area contributed by atoms with Crippen molar-refractivity contribution in [3.8, 4) is 11.5 Å². The fourth-order valence-corrected chi connectivity index (χ4v) is 3.50.